The monoisotopic (exact) mass is 454 g/mol. The van der Waals surface area contributed by atoms with Crippen LogP contribution in [0, 0.1) is 5.92 Å². The van der Waals surface area contributed by atoms with Crippen LogP contribution in [0.1, 0.15) is 48.5 Å². The first-order valence-corrected chi connectivity index (χ1v) is 12.6. The third-order valence-corrected chi connectivity index (χ3v) is 7.48. The number of nitrogens with zero attached hydrogens (tertiary/aromatic N) is 2. The maximum atomic E-state index is 13.0. The van der Waals surface area contributed by atoms with Crippen molar-refractivity contribution < 1.29 is 9.21 Å². The molecular weight excluding hydrogens is 420 g/mol. The molecule has 2 aliphatic heterocycles. The fourth-order valence-corrected chi connectivity index (χ4v) is 5.75. The standard InChI is InChI=1S/C30H34N2O2/c33-30-16-15-26-23-31(19-7-13-27-14-8-22-34-27)20-18-29(26)32(30)21-17-28(24-9-3-1-4-10-24)25-11-5-2-6-12-25/h1-14,22,26,28-29H,15-21,23H2/t26-,29+/m1/s1. The minimum absolute atomic E-state index is 0.308. The van der Waals surface area contributed by atoms with Crippen molar-refractivity contribution in [2.75, 3.05) is 26.2 Å². The number of carbonyl (C=O) groups excluding carboxylic acids is 1. The number of fused-ring (bicyclic) bond motifs is 1. The Morgan fingerprint density at radius 1 is 0.941 bits per heavy atom. The van der Waals surface area contributed by atoms with Crippen molar-refractivity contribution in [3.05, 3.63) is 102 Å². The van der Waals surface area contributed by atoms with Crippen LogP contribution in [-0.4, -0.2) is 47.9 Å². The van der Waals surface area contributed by atoms with Gasteiger partial charge in [0.05, 0.1) is 6.26 Å². The number of benzene rings is 2. The van der Waals surface area contributed by atoms with Gasteiger partial charge in [-0.1, -0.05) is 66.7 Å². The van der Waals surface area contributed by atoms with Crippen molar-refractivity contribution in [2.24, 2.45) is 5.92 Å². The molecule has 176 valence electrons. The molecule has 1 amide bonds. The van der Waals surface area contributed by atoms with Gasteiger partial charge in [0.2, 0.25) is 5.91 Å². The number of piperidine rings is 2. The van der Waals surface area contributed by atoms with E-state index in [1.807, 2.05) is 12.1 Å². The summed E-state index contributed by atoms with van der Waals surface area (Å²) in [5.41, 5.74) is 2.65. The number of carbonyl (C=O) groups is 1. The van der Waals surface area contributed by atoms with E-state index in [0.29, 0.717) is 30.2 Å². The Kier molecular flexibility index (Phi) is 7.25. The molecule has 0 saturated carbocycles. The Labute approximate surface area is 202 Å². The van der Waals surface area contributed by atoms with Crippen molar-refractivity contribution in [1.29, 1.82) is 0 Å². The Balaban J connectivity index is 1.23. The second-order valence-corrected chi connectivity index (χ2v) is 9.58. The predicted octanol–water partition coefficient (Wildman–Crippen LogP) is 5.83. The van der Waals surface area contributed by atoms with E-state index in [9.17, 15) is 4.79 Å². The van der Waals surface area contributed by atoms with Crippen LogP contribution < -0.4 is 0 Å². The molecule has 3 aromatic rings. The van der Waals surface area contributed by atoms with Gasteiger partial charge in [0.25, 0.3) is 0 Å². The van der Waals surface area contributed by atoms with Gasteiger partial charge in [-0.2, -0.15) is 0 Å². The number of amides is 1. The minimum atomic E-state index is 0.308. The number of likely N-dealkylation sites (tertiary alicyclic amines) is 2. The van der Waals surface area contributed by atoms with Gasteiger partial charge in [0, 0.05) is 44.6 Å². The van der Waals surface area contributed by atoms with Crippen LogP contribution in [0.3, 0.4) is 0 Å². The van der Waals surface area contributed by atoms with Gasteiger partial charge < -0.3 is 9.32 Å². The molecule has 0 bridgehead atoms. The summed E-state index contributed by atoms with van der Waals surface area (Å²) in [6.07, 6.45) is 9.66. The van der Waals surface area contributed by atoms with E-state index in [4.69, 9.17) is 4.42 Å². The third kappa shape index (κ3) is 5.34. The SMILES string of the molecule is O=C1CC[C@@H]2CN(CC=Cc3ccco3)CC[C@@H]2N1CCC(c1ccccc1)c1ccccc1. The van der Waals surface area contributed by atoms with Gasteiger partial charge in [0.15, 0.2) is 0 Å². The maximum absolute atomic E-state index is 13.0. The van der Waals surface area contributed by atoms with Crippen LogP contribution >= 0.6 is 0 Å². The van der Waals surface area contributed by atoms with Crippen LogP contribution in [-0.2, 0) is 4.79 Å². The zero-order chi connectivity index (χ0) is 23.2. The van der Waals surface area contributed by atoms with E-state index in [0.717, 1.165) is 51.2 Å². The van der Waals surface area contributed by atoms with Gasteiger partial charge in [-0.05, 0) is 54.5 Å². The molecule has 0 unspecified atom stereocenters. The Bertz CT molecular complexity index is 1020. The van der Waals surface area contributed by atoms with Gasteiger partial charge in [-0.3, -0.25) is 9.69 Å². The van der Waals surface area contributed by atoms with Crippen LogP contribution in [0.15, 0.2) is 89.6 Å². The lowest BCUT2D eigenvalue weighted by Gasteiger charge is -2.47. The highest BCUT2D eigenvalue weighted by atomic mass is 16.3. The van der Waals surface area contributed by atoms with Gasteiger partial charge in [-0.25, -0.2) is 0 Å². The number of hydrogen-bond acceptors (Lipinski definition) is 3. The fourth-order valence-electron chi connectivity index (χ4n) is 5.75. The summed E-state index contributed by atoms with van der Waals surface area (Å²) < 4.78 is 5.40. The molecule has 0 N–H and O–H groups in total. The first-order valence-electron chi connectivity index (χ1n) is 12.6. The molecule has 34 heavy (non-hydrogen) atoms. The number of rotatable bonds is 8. The molecule has 0 radical (unpaired) electrons. The summed E-state index contributed by atoms with van der Waals surface area (Å²) in [6.45, 7) is 3.86. The van der Waals surface area contributed by atoms with Gasteiger partial charge in [0.1, 0.15) is 5.76 Å². The molecule has 2 atom stereocenters. The van der Waals surface area contributed by atoms with Crippen molar-refractivity contribution >= 4 is 12.0 Å². The van der Waals surface area contributed by atoms with Crippen LogP contribution in [0.25, 0.3) is 6.08 Å². The van der Waals surface area contributed by atoms with Gasteiger partial charge in [-0.15, -0.1) is 0 Å². The summed E-state index contributed by atoms with van der Waals surface area (Å²) >= 11 is 0. The molecule has 4 heteroatoms. The molecule has 4 nitrogen and oxygen atoms in total. The molecular formula is C30H34N2O2. The zero-order valence-corrected chi connectivity index (χ0v) is 19.8. The molecule has 5 rings (SSSR count). The number of furan rings is 1. The lowest BCUT2D eigenvalue weighted by molar-refractivity contribution is -0.141. The average Bonchev–Trinajstić information content (AvgIpc) is 3.40. The first-order chi connectivity index (χ1) is 16.8. The largest absolute Gasteiger partial charge is 0.465 e. The lowest BCUT2D eigenvalue weighted by atomic mass is 9.82. The smallest absolute Gasteiger partial charge is 0.222 e. The summed E-state index contributed by atoms with van der Waals surface area (Å²) in [5, 5.41) is 0. The molecule has 0 aliphatic carbocycles. The topological polar surface area (TPSA) is 36.7 Å². The third-order valence-electron chi connectivity index (χ3n) is 7.48. The lowest BCUT2D eigenvalue weighted by Crippen LogP contribution is -2.56. The van der Waals surface area contributed by atoms with E-state index in [1.165, 1.54) is 11.1 Å². The van der Waals surface area contributed by atoms with Crippen LogP contribution in [0.2, 0.25) is 0 Å². The van der Waals surface area contributed by atoms with Crippen molar-refractivity contribution in [1.82, 2.24) is 9.80 Å². The minimum Gasteiger partial charge on any atom is -0.465 e. The summed E-state index contributed by atoms with van der Waals surface area (Å²) in [6, 6.07) is 25.7. The Hall–Kier alpha value is -3.11. The highest BCUT2D eigenvalue weighted by Gasteiger charge is 2.39. The molecule has 1 aromatic heterocycles. The zero-order valence-electron chi connectivity index (χ0n) is 19.8. The van der Waals surface area contributed by atoms with E-state index in [-0.39, 0.29) is 0 Å². The van der Waals surface area contributed by atoms with E-state index in [2.05, 4.69) is 82.6 Å². The molecule has 2 aliphatic rings. The second kappa shape index (κ2) is 10.9. The highest BCUT2D eigenvalue weighted by molar-refractivity contribution is 5.77. The quantitative estimate of drug-likeness (QED) is 0.430. The Morgan fingerprint density at radius 3 is 2.35 bits per heavy atom. The molecule has 2 fully saturated rings. The molecule has 2 saturated heterocycles. The first kappa shape index (κ1) is 22.7. The van der Waals surface area contributed by atoms with Crippen molar-refractivity contribution in [2.45, 2.75) is 37.6 Å². The molecule has 3 heterocycles. The van der Waals surface area contributed by atoms with Crippen LogP contribution in [0.5, 0.6) is 0 Å². The van der Waals surface area contributed by atoms with Crippen molar-refractivity contribution in [3.63, 3.8) is 0 Å². The second-order valence-electron chi connectivity index (χ2n) is 9.58. The highest BCUT2D eigenvalue weighted by Crippen LogP contribution is 2.34. The fraction of sp³-hybridized carbons (Fsp3) is 0.367. The number of hydrogen-bond donors (Lipinski definition) is 0. The van der Waals surface area contributed by atoms with Crippen LogP contribution in [0.4, 0.5) is 0 Å². The van der Waals surface area contributed by atoms with Gasteiger partial charge >= 0.3 is 0 Å². The Morgan fingerprint density at radius 2 is 1.68 bits per heavy atom. The summed E-state index contributed by atoms with van der Waals surface area (Å²) in [5.74, 6) is 2.11. The van der Waals surface area contributed by atoms with E-state index in [1.54, 1.807) is 6.26 Å². The average molecular weight is 455 g/mol. The van der Waals surface area contributed by atoms with E-state index < -0.39 is 0 Å². The predicted molar refractivity (Wildman–Crippen MR) is 136 cm³/mol. The van der Waals surface area contributed by atoms with E-state index >= 15 is 0 Å². The summed E-state index contributed by atoms with van der Waals surface area (Å²) in [4.78, 5) is 17.8. The maximum Gasteiger partial charge on any atom is 0.222 e. The molecule has 0 spiro atoms. The summed E-state index contributed by atoms with van der Waals surface area (Å²) in [7, 11) is 0. The van der Waals surface area contributed by atoms with Crippen molar-refractivity contribution in [3.8, 4) is 0 Å². The molecule has 2 aromatic carbocycles. The normalized spacial score (nSPS) is 21.3.